The van der Waals surface area contributed by atoms with Gasteiger partial charge < -0.3 is 10.1 Å². The van der Waals surface area contributed by atoms with Gasteiger partial charge in [0.2, 0.25) is 10.0 Å². The van der Waals surface area contributed by atoms with Crippen LogP contribution in [0.3, 0.4) is 0 Å². The van der Waals surface area contributed by atoms with Crippen molar-refractivity contribution in [1.29, 1.82) is 0 Å². The smallest absolute Gasteiger partial charge is 0.251 e. The first-order chi connectivity index (χ1) is 9.90. The normalized spacial score (nSPS) is 11.9. The molecule has 120 valence electrons. The molecule has 0 unspecified atom stereocenters. The van der Waals surface area contributed by atoms with E-state index >= 15 is 0 Å². The molecule has 0 aliphatic carbocycles. The summed E-state index contributed by atoms with van der Waals surface area (Å²) >= 11 is 0. The number of nitrogens with one attached hydrogen (secondary N) is 2. The molecule has 0 saturated carbocycles. The van der Waals surface area contributed by atoms with E-state index in [-0.39, 0.29) is 10.6 Å². The van der Waals surface area contributed by atoms with Gasteiger partial charge in [-0.2, -0.15) is 0 Å². The third-order valence-electron chi connectivity index (χ3n) is 2.70. The van der Waals surface area contributed by atoms with Gasteiger partial charge in [-0.05, 0) is 30.7 Å². The Morgan fingerprint density at radius 3 is 2.62 bits per heavy atom. The van der Waals surface area contributed by atoms with E-state index in [4.69, 9.17) is 4.74 Å². The number of hydrogen-bond acceptors (Lipinski definition) is 4. The van der Waals surface area contributed by atoms with E-state index in [0.717, 1.165) is 18.5 Å². The third kappa shape index (κ3) is 5.56. The molecule has 0 fully saturated rings. The standard InChI is InChI=1S/C13H20F2N2O3S/c1-3-6-16-8-10-4-5-11(20-2)12(7-10)21(18,19)17-9-13(14)15/h4-5,7,13,16-17H,3,6,8-9H2,1-2H3. The van der Waals surface area contributed by atoms with Crippen LogP contribution in [0.4, 0.5) is 8.78 Å². The van der Waals surface area contributed by atoms with Gasteiger partial charge in [0.25, 0.3) is 6.43 Å². The van der Waals surface area contributed by atoms with E-state index in [1.807, 2.05) is 11.6 Å². The molecule has 0 amide bonds. The number of hydrogen-bond donors (Lipinski definition) is 2. The van der Waals surface area contributed by atoms with Gasteiger partial charge in [-0.3, -0.25) is 0 Å². The first-order valence-electron chi connectivity index (χ1n) is 6.56. The average molecular weight is 322 g/mol. The van der Waals surface area contributed by atoms with Gasteiger partial charge in [-0.15, -0.1) is 0 Å². The van der Waals surface area contributed by atoms with Crippen molar-refractivity contribution in [3.8, 4) is 5.75 Å². The second kappa shape index (κ2) is 8.26. The van der Waals surface area contributed by atoms with Crippen LogP contribution in [0.5, 0.6) is 5.75 Å². The lowest BCUT2D eigenvalue weighted by Crippen LogP contribution is -2.29. The summed E-state index contributed by atoms with van der Waals surface area (Å²) in [6.45, 7) is 2.39. The fourth-order valence-electron chi connectivity index (χ4n) is 1.70. The predicted molar refractivity (Wildman–Crippen MR) is 76.2 cm³/mol. The molecule has 0 heterocycles. The number of benzene rings is 1. The first-order valence-corrected chi connectivity index (χ1v) is 8.04. The second-order valence-electron chi connectivity index (χ2n) is 4.40. The molecule has 5 nitrogen and oxygen atoms in total. The Hall–Kier alpha value is -1.25. The Bertz CT molecular complexity index is 550. The van der Waals surface area contributed by atoms with Crippen LogP contribution in [0.25, 0.3) is 0 Å². The molecule has 1 aromatic carbocycles. The van der Waals surface area contributed by atoms with Crippen molar-refractivity contribution in [2.24, 2.45) is 0 Å². The second-order valence-corrected chi connectivity index (χ2v) is 6.14. The maximum absolute atomic E-state index is 12.2. The molecule has 0 aromatic heterocycles. The van der Waals surface area contributed by atoms with E-state index in [9.17, 15) is 17.2 Å². The van der Waals surface area contributed by atoms with E-state index in [0.29, 0.717) is 6.54 Å². The van der Waals surface area contributed by atoms with Crippen LogP contribution in [-0.2, 0) is 16.6 Å². The summed E-state index contributed by atoms with van der Waals surface area (Å²) < 4.78 is 55.3. The quantitative estimate of drug-likeness (QED) is 0.680. The van der Waals surface area contributed by atoms with Crippen molar-refractivity contribution >= 4 is 10.0 Å². The van der Waals surface area contributed by atoms with Crippen molar-refractivity contribution in [3.63, 3.8) is 0 Å². The Morgan fingerprint density at radius 1 is 1.33 bits per heavy atom. The van der Waals surface area contributed by atoms with Gasteiger partial charge in [-0.25, -0.2) is 21.9 Å². The highest BCUT2D eigenvalue weighted by molar-refractivity contribution is 7.89. The van der Waals surface area contributed by atoms with Gasteiger partial charge in [-0.1, -0.05) is 13.0 Å². The SMILES string of the molecule is CCCNCc1ccc(OC)c(S(=O)(=O)NCC(F)F)c1. The number of rotatable bonds is 9. The summed E-state index contributed by atoms with van der Waals surface area (Å²) in [5.74, 6) is 0.121. The molecule has 0 aliphatic rings. The van der Waals surface area contributed by atoms with Crippen molar-refractivity contribution in [1.82, 2.24) is 10.0 Å². The van der Waals surface area contributed by atoms with Crippen LogP contribution in [-0.4, -0.2) is 35.0 Å². The van der Waals surface area contributed by atoms with Crippen LogP contribution in [0.15, 0.2) is 23.1 Å². The van der Waals surface area contributed by atoms with Crippen molar-refractivity contribution in [3.05, 3.63) is 23.8 Å². The zero-order valence-corrected chi connectivity index (χ0v) is 12.8. The minimum atomic E-state index is -4.03. The molecule has 0 saturated heterocycles. The topological polar surface area (TPSA) is 67.4 Å². The Balaban J connectivity index is 2.99. The van der Waals surface area contributed by atoms with Gasteiger partial charge in [0.05, 0.1) is 13.7 Å². The molecule has 1 rings (SSSR count). The zero-order valence-electron chi connectivity index (χ0n) is 12.0. The predicted octanol–water partition coefficient (Wildman–Crippen LogP) is 1.74. The molecule has 0 spiro atoms. The Kier molecular flexibility index (Phi) is 7.00. The fraction of sp³-hybridized carbons (Fsp3) is 0.538. The lowest BCUT2D eigenvalue weighted by Gasteiger charge is -2.12. The molecular formula is C13H20F2N2O3S. The number of methoxy groups -OCH3 is 1. The van der Waals surface area contributed by atoms with Crippen molar-refractivity contribution < 1.29 is 21.9 Å². The Labute approximate surface area is 123 Å². The molecule has 8 heteroatoms. The maximum Gasteiger partial charge on any atom is 0.251 e. The van der Waals surface area contributed by atoms with E-state index in [1.165, 1.54) is 19.2 Å². The summed E-state index contributed by atoms with van der Waals surface area (Å²) in [7, 11) is -2.70. The largest absolute Gasteiger partial charge is 0.495 e. The fourth-order valence-corrected chi connectivity index (χ4v) is 2.92. The van der Waals surface area contributed by atoms with Crippen molar-refractivity contribution in [2.45, 2.75) is 31.2 Å². The third-order valence-corrected chi connectivity index (χ3v) is 4.15. The summed E-state index contributed by atoms with van der Waals surface area (Å²) in [6, 6.07) is 4.67. The maximum atomic E-state index is 12.2. The molecule has 2 N–H and O–H groups in total. The highest BCUT2D eigenvalue weighted by atomic mass is 32.2. The molecule has 0 bridgehead atoms. The van der Waals surface area contributed by atoms with Gasteiger partial charge in [0, 0.05) is 6.54 Å². The van der Waals surface area contributed by atoms with Crippen LogP contribution in [0, 0.1) is 0 Å². The average Bonchev–Trinajstić information content (AvgIpc) is 2.45. The van der Waals surface area contributed by atoms with E-state index < -0.39 is 23.0 Å². The molecule has 0 radical (unpaired) electrons. The molecule has 21 heavy (non-hydrogen) atoms. The minimum absolute atomic E-state index is 0.121. The zero-order chi connectivity index (χ0) is 15.9. The van der Waals surface area contributed by atoms with E-state index in [2.05, 4.69) is 5.32 Å². The van der Waals surface area contributed by atoms with Crippen LogP contribution >= 0.6 is 0 Å². The summed E-state index contributed by atoms with van der Waals surface area (Å²) in [6.07, 6.45) is -1.79. The lowest BCUT2D eigenvalue weighted by atomic mass is 10.2. The van der Waals surface area contributed by atoms with Gasteiger partial charge >= 0.3 is 0 Å². The molecule has 0 atom stereocenters. The lowest BCUT2D eigenvalue weighted by molar-refractivity contribution is 0.153. The first kappa shape index (κ1) is 17.8. The Morgan fingerprint density at radius 2 is 2.05 bits per heavy atom. The molecule has 0 aliphatic heterocycles. The number of ether oxygens (including phenoxy) is 1. The summed E-state index contributed by atoms with van der Waals surface area (Å²) in [5.41, 5.74) is 0.738. The van der Waals surface area contributed by atoms with Crippen LogP contribution < -0.4 is 14.8 Å². The monoisotopic (exact) mass is 322 g/mol. The highest BCUT2D eigenvalue weighted by Crippen LogP contribution is 2.24. The number of alkyl halides is 2. The van der Waals surface area contributed by atoms with Gasteiger partial charge in [0.15, 0.2) is 0 Å². The minimum Gasteiger partial charge on any atom is -0.495 e. The van der Waals surface area contributed by atoms with E-state index in [1.54, 1.807) is 6.07 Å². The van der Waals surface area contributed by atoms with Crippen LogP contribution in [0.1, 0.15) is 18.9 Å². The number of halogens is 2. The summed E-state index contributed by atoms with van der Waals surface area (Å²) in [4.78, 5) is -0.138. The van der Waals surface area contributed by atoms with Gasteiger partial charge in [0.1, 0.15) is 10.6 Å². The molecule has 1 aromatic rings. The van der Waals surface area contributed by atoms with Crippen molar-refractivity contribution in [2.75, 3.05) is 20.2 Å². The highest BCUT2D eigenvalue weighted by Gasteiger charge is 2.21. The van der Waals surface area contributed by atoms with Crippen LogP contribution in [0.2, 0.25) is 0 Å². The number of sulfonamides is 1. The summed E-state index contributed by atoms with van der Waals surface area (Å²) in [5, 5.41) is 3.14. The molecular weight excluding hydrogens is 302 g/mol.